The minimum Gasteiger partial charge on any atom is -0.490 e. The zero-order chi connectivity index (χ0) is 26.5. The van der Waals surface area contributed by atoms with Crippen molar-refractivity contribution in [2.24, 2.45) is 0 Å². The number of hydrogen-bond donors (Lipinski definition) is 0. The maximum Gasteiger partial charge on any atom is 0.348 e. The van der Waals surface area contributed by atoms with E-state index in [0.29, 0.717) is 49.2 Å². The molecule has 2 rings (SSSR count). The van der Waals surface area contributed by atoms with Gasteiger partial charge in [0, 0.05) is 0 Å². The van der Waals surface area contributed by atoms with Gasteiger partial charge in [-0.25, -0.2) is 9.59 Å². The SMILES string of the molecule is CCOC(=O)C(C#N)=Cc1ccc(OC(=O)c2cc(OCC)c(OCC)c(OCC)c2)c(OCC)c1. The maximum absolute atomic E-state index is 13.1. The summed E-state index contributed by atoms with van der Waals surface area (Å²) in [4.78, 5) is 25.0. The van der Waals surface area contributed by atoms with E-state index in [2.05, 4.69) is 0 Å². The van der Waals surface area contributed by atoms with Gasteiger partial charge in [0.15, 0.2) is 23.0 Å². The van der Waals surface area contributed by atoms with Crippen LogP contribution in [0.25, 0.3) is 6.08 Å². The topological polar surface area (TPSA) is 113 Å². The number of carbonyl (C=O) groups is 2. The third kappa shape index (κ3) is 7.40. The highest BCUT2D eigenvalue weighted by Crippen LogP contribution is 2.40. The smallest absolute Gasteiger partial charge is 0.348 e. The van der Waals surface area contributed by atoms with Crippen LogP contribution in [0.4, 0.5) is 0 Å². The summed E-state index contributed by atoms with van der Waals surface area (Å²) in [5, 5.41) is 9.28. The van der Waals surface area contributed by atoms with Crippen LogP contribution in [0.2, 0.25) is 0 Å². The summed E-state index contributed by atoms with van der Waals surface area (Å²) in [6, 6.07) is 9.59. The van der Waals surface area contributed by atoms with E-state index in [1.54, 1.807) is 26.0 Å². The van der Waals surface area contributed by atoms with Crippen LogP contribution in [0, 0.1) is 11.3 Å². The maximum atomic E-state index is 13.1. The average molecular weight is 498 g/mol. The first-order chi connectivity index (χ1) is 17.4. The quantitative estimate of drug-likeness (QED) is 0.164. The first kappa shape index (κ1) is 28.1. The molecule has 0 amide bonds. The van der Waals surface area contributed by atoms with Gasteiger partial charge in [0.1, 0.15) is 11.6 Å². The normalized spacial score (nSPS) is 10.7. The van der Waals surface area contributed by atoms with Crippen molar-refractivity contribution in [2.75, 3.05) is 33.0 Å². The van der Waals surface area contributed by atoms with Crippen molar-refractivity contribution in [1.29, 1.82) is 5.26 Å². The lowest BCUT2D eigenvalue weighted by Gasteiger charge is -2.17. The Morgan fingerprint density at radius 3 is 1.89 bits per heavy atom. The molecule has 9 nitrogen and oxygen atoms in total. The lowest BCUT2D eigenvalue weighted by molar-refractivity contribution is -0.137. The molecule has 0 fully saturated rings. The summed E-state index contributed by atoms with van der Waals surface area (Å²) >= 11 is 0. The molecule has 0 saturated carbocycles. The summed E-state index contributed by atoms with van der Waals surface area (Å²) < 4.78 is 33.2. The Morgan fingerprint density at radius 1 is 0.778 bits per heavy atom. The van der Waals surface area contributed by atoms with Gasteiger partial charge in [-0.05, 0) is 70.5 Å². The molecule has 192 valence electrons. The van der Waals surface area contributed by atoms with Gasteiger partial charge in [-0.15, -0.1) is 0 Å². The van der Waals surface area contributed by atoms with Gasteiger partial charge in [-0.1, -0.05) is 6.07 Å². The van der Waals surface area contributed by atoms with Gasteiger partial charge >= 0.3 is 11.9 Å². The molecule has 0 spiro atoms. The molecule has 0 bridgehead atoms. The molecule has 36 heavy (non-hydrogen) atoms. The number of rotatable bonds is 13. The summed E-state index contributed by atoms with van der Waals surface area (Å²) in [5.74, 6) is 0.197. The Bertz CT molecular complexity index is 1110. The van der Waals surface area contributed by atoms with E-state index < -0.39 is 11.9 Å². The zero-order valence-electron chi connectivity index (χ0n) is 21.2. The third-order valence-corrected chi connectivity index (χ3v) is 4.54. The van der Waals surface area contributed by atoms with Crippen molar-refractivity contribution in [3.8, 4) is 34.8 Å². The van der Waals surface area contributed by atoms with Crippen molar-refractivity contribution in [2.45, 2.75) is 34.6 Å². The molecule has 0 aliphatic rings. The Hall–Kier alpha value is -4.19. The second kappa shape index (κ2) is 14.3. The summed E-state index contributed by atoms with van der Waals surface area (Å²) in [6.07, 6.45) is 1.38. The number of nitriles is 1. The molecule has 2 aromatic rings. The van der Waals surface area contributed by atoms with Crippen molar-refractivity contribution in [1.82, 2.24) is 0 Å². The Morgan fingerprint density at radius 2 is 1.36 bits per heavy atom. The van der Waals surface area contributed by atoms with E-state index in [9.17, 15) is 14.9 Å². The minimum atomic E-state index is -0.723. The monoisotopic (exact) mass is 497 g/mol. The number of benzene rings is 2. The van der Waals surface area contributed by atoms with Gasteiger partial charge in [-0.2, -0.15) is 5.26 Å². The van der Waals surface area contributed by atoms with E-state index in [4.69, 9.17) is 28.4 Å². The molecular formula is C27H31NO8. The molecule has 0 saturated heterocycles. The lowest BCUT2D eigenvalue weighted by atomic mass is 10.1. The van der Waals surface area contributed by atoms with Crippen molar-refractivity contribution < 1.29 is 38.0 Å². The summed E-state index contributed by atoms with van der Waals surface area (Å²) in [7, 11) is 0. The predicted octanol–water partition coefficient (Wildman–Crippen LogP) is 4.97. The highest BCUT2D eigenvalue weighted by Gasteiger charge is 2.21. The van der Waals surface area contributed by atoms with Crippen molar-refractivity contribution in [3.05, 3.63) is 47.0 Å². The second-order valence-corrected chi connectivity index (χ2v) is 7.02. The molecule has 0 unspecified atom stereocenters. The summed E-state index contributed by atoms with van der Waals surface area (Å²) in [5.41, 5.74) is 0.539. The van der Waals surface area contributed by atoms with Gasteiger partial charge in [-0.3, -0.25) is 0 Å². The fraction of sp³-hybridized carbons (Fsp3) is 0.370. The molecule has 9 heteroatoms. The highest BCUT2D eigenvalue weighted by molar-refractivity contribution is 5.98. The molecule has 0 radical (unpaired) electrons. The second-order valence-electron chi connectivity index (χ2n) is 7.02. The van der Waals surface area contributed by atoms with E-state index in [0.717, 1.165) is 0 Å². The van der Waals surface area contributed by atoms with E-state index in [1.807, 2.05) is 26.8 Å². The number of esters is 2. The molecule has 0 aliphatic heterocycles. The van der Waals surface area contributed by atoms with Crippen LogP contribution in [-0.4, -0.2) is 45.0 Å². The minimum absolute atomic E-state index is 0.151. The van der Waals surface area contributed by atoms with E-state index in [1.165, 1.54) is 24.3 Å². The van der Waals surface area contributed by atoms with Crippen LogP contribution in [0.5, 0.6) is 28.7 Å². The first-order valence-corrected chi connectivity index (χ1v) is 11.8. The Labute approximate surface area is 211 Å². The first-order valence-electron chi connectivity index (χ1n) is 11.8. The largest absolute Gasteiger partial charge is 0.490 e. The van der Waals surface area contributed by atoms with Gasteiger partial charge < -0.3 is 28.4 Å². The van der Waals surface area contributed by atoms with E-state index >= 15 is 0 Å². The number of hydrogen-bond acceptors (Lipinski definition) is 9. The molecule has 2 aromatic carbocycles. The van der Waals surface area contributed by atoms with Crippen molar-refractivity contribution >= 4 is 18.0 Å². The predicted molar refractivity (Wildman–Crippen MR) is 133 cm³/mol. The van der Waals surface area contributed by atoms with Crippen LogP contribution >= 0.6 is 0 Å². The molecule has 0 aromatic heterocycles. The number of nitrogens with zero attached hydrogens (tertiary/aromatic N) is 1. The van der Waals surface area contributed by atoms with Gasteiger partial charge in [0.25, 0.3) is 0 Å². The molecular weight excluding hydrogens is 466 g/mol. The van der Waals surface area contributed by atoms with Crippen LogP contribution < -0.4 is 23.7 Å². The summed E-state index contributed by atoms with van der Waals surface area (Å²) in [6.45, 7) is 10.5. The Balaban J connectivity index is 2.42. The molecule has 0 atom stereocenters. The lowest BCUT2D eigenvalue weighted by Crippen LogP contribution is -2.12. The molecule has 0 aliphatic carbocycles. The van der Waals surface area contributed by atoms with Crippen LogP contribution in [0.15, 0.2) is 35.9 Å². The molecule has 0 N–H and O–H groups in total. The fourth-order valence-electron chi connectivity index (χ4n) is 3.14. The van der Waals surface area contributed by atoms with Gasteiger partial charge in [0.05, 0.1) is 38.6 Å². The molecule has 0 heterocycles. The number of ether oxygens (including phenoxy) is 6. The number of carbonyl (C=O) groups excluding carboxylic acids is 2. The van der Waals surface area contributed by atoms with Crippen molar-refractivity contribution in [3.63, 3.8) is 0 Å². The van der Waals surface area contributed by atoms with Gasteiger partial charge in [0.2, 0.25) is 5.75 Å². The standard InChI is InChI=1S/C27H31NO8/c1-6-31-22-14-18(13-20(17-28)26(29)35-10-5)11-12-21(22)36-27(30)19-15-23(32-7-2)25(34-9-4)24(16-19)33-8-3/h11-16H,6-10H2,1-5H3. The highest BCUT2D eigenvalue weighted by atomic mass is 16.6. The van der Waals surface area contributed by atoms with Crippen LogP contribution in [0.3, 0.4) is 0 Å². The fourth-order valence-corrected chi connectivity index (χ4v) is 3.14. The Kier molecular flexibility index (Phi) is 11.1. The average Bonchev–Trinajstić information content (AvgIpc) is 2.86. The van der Waals surface area contributed by atoms with Crippen LogP contribution in [-0.2, 0) is 9.53 Å². The van der Waals surface area contributed by atoms with Crippen LogP contribution in [0.1, 0.15) is 50.5 Å². The van der Waals surface area contributed by atoms with E-state index in [-0.39, 0.29) is 29.2 Å². The zero-order valence-corrected chi connectivity index (χ0v) is 21.2. The third-order valence-electron chi connectivity index (χ3n) is 4.54.